The van der Waals surface area contributed by atoms with Gasteiger partial charge in [0.1, 0.15) is 5.65 Å². The summed E-state index contributed by atoms with van der Waals surface area (Å²) >= 11 is 0. The van der Waals surface area contributed by atoms with Gasteiger partial charge in [-0.2, -0.15) is 0 Å². The van der Waals surface area contributed by atoms with Gasteiger partial charge in [0.2, 0.25) is 0 Å². The van der Waals surface area contributed by atoms with Crippen molar-refractivity contribution >= 4 is 5.65 Å². The summed E-state index contributed by atoms with van der Waals surface area (Å²) in [5.74, 6) is 6.06. The highest BCUT2D eigenvalue weighted by molar-refractivity contribution is 5.42. The van der Waals surface area contributed by atoms with Crippen LogP contribution < -0.4 is 11.3 Å². The normalized spacial score (nSPS) is 16.1. The van der Waals surface area contributed by atoms with Crippen molar-refractivity contribution in [3.05, 3.63) is 35.8 Å². The predicted molar refractivity (Wildman–Crippen MR) is 58.2 cm³/mol. The van der Waals surface area contributed by atoms with Gasteiger partial charge in [-0.15, -0.1) is 0 Å². The van der Waals surface area contributed by atoms with Gasteiger partial charge in [0.05, 0.1) is 12.2 Å². The molecule has 1 aliphatic rings. The van der Waals surface area contributed by atoms with Crippen LogP contribution in [0.4, 0.5) is 0 Å². The third kappa shape index (κ3) is 1.62. The third-order valence-electron chi connectivity index (χ3n) is 2.86. The van der Waals surface area contributed by atoms with Gasteiger partial charge in [-0.05, 0) is 30.4 Å². The van der Waals surface area contributed by atoms with Crippen LogP contribution in [0.25, 0.3) is 5.65 Å². The highest BCUT2D eigenvalue weighted by Gasteiger charge is 2.23. The van der Waals surface area contributed by atoms with E-state index in [9.17, 15) is 0 Å². The number of pyridine rings is 1. The smallest absolute Gasteiger partial charge is 0.137 e. The Balaban J connectivity index is 2.02. The van der Waals surface area contributed by atoms with Gasteiger partial charge in [0, 0.05) is 12.4 Å². The van der Waals surface area contributed by atoms with E-state index < -0.39 is 0 Å². The minimum atomic E-state index is 0.612. The molecule has 3 rings (SSSR count). The van der Waals surface area contributed by atoms with E-state index in [1.165, 1.54) is 18.4 Å². The molecule has 1 fully saturated rings. The standard InChI is InChI=1S/C11H14N4/c12-13-5-10-7-15-6-9(8-1-2-8)3-4-11(15)14-10/h3-4,6-8,13H,1-2,5,12H2. The molecule has 4 nitrogen and oxygen atoms in total. The molecule has 1 aliphatic carbocycles. The summed E-state index contributed by atoms with van der Waals surface area (Å²) in [6.07, 6.45) is 6.87. The Morgan fingerprint density at radius 3 is 3.00 bits per heavy atom. The molecular formula is C11H14N4. The van der Waals surface area contributed by atoms with Gasteiger partial charge < -0.3 is 4.40 Å². The Kier molecular flexibility index (Phi) is 1.97. The second-order valence-corrected chi connectivity index (χ2v) is 4.12. The number of fused-ring (bicyclic) bond motifs is 1. The van der Waals surface area contributed by atoms with Gasteiger partial charge >= 0.3 is 0 Å². The Morgan fingerprint density at radius 2 is 2.27 bits per heavy atom. The number of hydrogen-bond donors (Lipinski definition) is 2. The Bertz CT molecular complexity index is 484. The number of hydrogen-bond acceptors (Lipinski definition) is 3. The van der Waals surface area contributed by atoms with Crippen LogP contribution in [0.1, 0.15) is 30.0 Å². The fourth-order valence-electron chi connectivity index (χ4n) is 1.91. The van der Waals surface area contributed by atoms with E-state index in [0.717, 1.165) is 17.3 Å². The average molecular weight is 202 g/mol. The van der Waals surface area contributed by atoms with E-state index in [-0.39, 0.29) is 0 Å². The first-order valence-electron chi connectivity index (χ1n) is 5.28. The minimum Gasteiger partial charge on any atom is -0.306 e. The first-order chi connectivity index (χ1) is 7.36. The number of imidazole rings is 1. The molecule has 2 aromatic rings. The van der Waals surface area contributed by atoms with Crippen LogP contribution in [-0.4, -0.2) is 9.38 Å². The first-order valence-corrected chi connectivity index (χ1v) is 5.28. The lowest BCUT2D eigenvalue weighted by atomic mass is 10.2. The lowest BCUT2D eigenvalue weighted by Gasteiger charge is -1.98. The molecule has 2 aromatic heterocycles. The molecule has 78 valence electrons. The summed E-state index contributed by atoms with van der Waals surface area (Å²) < 4.78 is 2.08. The third-order valence-corrected chi connectivity index (χ3v) is 2.86. The van der Waals surface area contributed by atoms with Gasteiger partial charge in [-0.25, -0.2) is 4.98 Å². The SMILES string of the molecule is NNCc1cn2cc(C3CC3)ccc2n1. The van der Waals surface area contributed by atoms with Crippen molar-refractivity contribution in [2.24, 2.45) is 5.84 Å². The molecule has 0 aliphatic heterocycles. The van der Waals surface area contributed by atoms with Crippen molar-refractivity contribution in [2.75, 3.05) is 0 Å². The molecule has 0 atom stereocenters. The molecule has 2 heterocycles. The van der Waals surface area contributed by atoms with Crippen LogP contribution in [-0.2, 0) is 6.54 Å². The largest absolute Gasteiger partial charge is 0.306 e. The summed E-state index contributed by atoms with van der Waals surface area (Å²) in [5.41, 5.74) is 6.01. The maximum atomic E-state index is 5.27. The van der Waals surface area contributed by atoms with Crippen LogP contribution in [0.2, 0.25) is 0 Å². The number of nitrogens with zero attached hydrogens (tertiary/aromatic N) is 2. The summed E-state index contributed by atoms with van der Waals surface area (Å²) in [6.45, 7) is 0.612. The topological polar surface area (TPSA) is 55.3 Å². The Labute approximate surface area is 88.1 Å². The van der Waals surface area contributed by atoms with Crippen LogP contribution in [0.5, 0.6) is 0 Å². The van der Waals surface area contributed by atoms with Crippen molar-refractivity contribution in [3.8, 4) is 0 Å². The predicted octanol–water partition coefficient (Wildman–Crippen LogP) is 1.17. The number of rotatable bonds is 3. The lowest BCUT2D eigenvalue weighted by Crippen LogP contribution is -2.20. The summed E-state index contributed by atoms with van der Waals surface area (Å²) in [4.78, 5) is 4.44. The fraction of sp³-hybridized carbons (Fsp3) is 0.364. The van der Waals surface area contributed by atoms with Crippen molar-refractivity contribution in [3.63, 3.8) is 0 Å². The van der Waals surface area contributed by atoms with E-state index in [4.69, 9.17) is 5.84 Å². The summed E-state index contributed by atoms with van der Waals surface area (Å²) in [6, 6.07) is 4.26. The average Bonchev–Trinajstić information content (AvgIpc) is 2.99. The van der Waals surface area contributed by atoms with E-state index in [0.29, 0.717) is 6.54 Å². The highest BCUT2D eigenvalue weighted by Crippen LogP contribution is 2.39. The van der Waals surface area contributed by atoms with Crippen LogP contribution >= 0.6 is 0 Å². The number of aromatic nitrogens is 2. The van der Waals surface area contributed by atoms with Crippen LogP contribution in [0.3, 0.4) is 0 Å². The molecule has 0 spiro atoms. The van der Waals surface area contributed by atoms with Gasteiger partial charge in [0.25, 0.3) is 0 Å². The van der Waals surface area contributed by atoms with Crippen molar-refractivity contribution in [1.29, 1.82) is 0 Å². The second kappa shape index (κ2) is 3.32. The fourth-order valence-corrected chi connectivity index (χ4v) is 1.91. The molecular weight excluding hydrogens is 188 g/mol. The molecule has 0 radical (unpaired) electrons. The maximum Gasteiger partial charge on any atom is 0.137 e. The lowest BCUT2D eigenvalue weighted by molar-refractivity contribution is 0.727. The summed E-state index contributed by atoms with van der Waals surface area (Å²) in [7, 11) is 0. The number of nitrogens with two attached hydrogens (primary N) is 1. The zero-order chi connectivity index (χ0) is 10.3. The quantitative estimate of drug-likeness (QED) is 0.580. The Hall–Kier alpha value is -1.39. The zero-order valence-electron chi connectivity index (χ0n) is 8.48. The minimum absolute atomic E-state index is 0.612. The van der Waals surface area contributed by atoms with Crippen molar-refractivity contribution < 1.29 is 0 Å². The molecule has 1 saturated carbocycles. The highest BCUT2D eigenvalue weighted by atomic mass is 15.2. The van der Waals surface area contributed by atoms with E-state index in [1.54, 1.807) is 0 Å². The van der Waals surface area contributed by atoms with E-state index >= 15 is 0 Å². The van der Waals surface area contributed by atoms with E-state index in [1.807, 2.05) is 6.20 Å². The molecule has 15 heavy (non-hydrogen) atoms. The molecule has 0 aromatic carbocycles. The molecule has 0 amide bonds. The monoisotopic (exact) mass is 202 g/mol. The molecule has 0 saturated heterocycles. The van der Waals surface area contributed by atoms with Crippen LogP contribution in [0, 0.1) is 0 Å². The van der Waals surface area contributed by atoms with Gasteiger partial charge in [-0.3, -0.25) is 11.3 Å². The molecule has 3 N–H and O–H groups in total. The zero-order valence-corrected chi connectivity index (χ0v) is 8.48. The number of nitrogens with one attached hydrogen (secondary N) is 1. The number of hydrazine groups is 1. The van der Waals surface area contributed by atoms with Crippen molar-refractivity contribution in [1.82, 2.24) is 14.8 Å². The Morgan fingerprint density at radius 1 is 1.40 bits per heavy atom. The maximum absolute atomic E-state index is 5.27. The second-order valence-electron chi connectivity index (χ2n) is 4.12. The van der Waals surface area contributed by atoms with Gasteiger partial charge in [-0.1, -0.05) is 6.07 Å². The molecule has 4 heteroatoms. The van der Waals surface area contributed by atoms with Crippen LogP contribution in [0.15, 0.2) is 24.5 Å². The van der Waals surface area contributed by atoms with Gasteiger partial charge in [0.15, 0.2) is 0 Å². The molecule has 0 bridgehead atoms. The summed E-state index contributed by atoms with van der Waals surface area (Å²) in [5, 5.41) is 0. The molecule has 0 unspecified atom stereocenters. The first kappa shape index (κ1) is 8.88. The van der Waals surface area contributed by atoms with Crippen molar-refractivity contribution in [2.45, 2.75) is 25.3 Å². The van der Waals surface area contributed by atoms with E-state index in [2.05, 4.69) is 33.1 Å².